The number of carbonyl (C=O) groups is 2. The molecule has 0 aliphatic carbocycles. The van der Waals surface area contributed by atoms with Gasteiger partial charge in [-0.1, -0.05) is 78.1 Å². The normalized spacial score (nSPS) is 16.9. The predicted molar refractivity (Wildman–Crippen MR) is 152 cm³/mol. The molecule has 0 bridgehead atoms. The van der Waals surface area contributed by atoms with Crippen LogP contribution < -0.4 is 5.73 Å². The second-order valence-corrected chi connectivity index (χ2v) is 13.2. The van der Waals surface area contributed by atoms with Crippen molar-refractivity contribution in [2.75, 3.05) is 46.1 Å². The van der Waals surface area contributed by atoms with Crippen LogP contribution in [0.2, 0.25) is 0 Å². The van der Waals surface area contributed by atoms with Gasteiger partial charge in [-0.15, -0.1) is 0 Å². The van der Waals surface area contributed by atoms with E-state index in [9.17, 15) is 18.0 Å². The van der Waals surface area contributed by atoms with Crippen LogP contribution >= 0.6 is 0 Å². The highest BCUT2D eigenvalue weighted by atomic mass is 32.2. The number of nitrogens with two attached hydrogens (primary N) is 1. The number of ether oxygens (including phenoxy) is 3. The van der Waals surface area contributed by atoms with Crippen molar-refractivity contribution < 1.29 is 45.2 Å². The fourth-order valence-corrected chi connectivity index (χ4v) is 5.26. The molecule has 242 valence electrons. The minimum absolute atomic E-state index is 0.0483. The Morgan fingerprint density at radius 3 is 1.78 bits per heavy atom. The van der Waals surface area contributed by atoms with Crippen LogP contribution in [0.5, 0.6) is 0 Å². The van der Waals surface area contributed by atoms with Crippen molar-refractivity contribution >= 4 is 21.9 Å². The number of unbranched alkanes of at least 4 members (excludes halogenated alkanes) is 10. The Balaban J connectivity index is 2.93. The van der Waals surface area contributed by atoms with Crippen molar-refractivity contribution in [1.82, 2.24) is 4.90 Å². The molecule has 0 aromatic carbocycles. The summed E-state index contributed by atoms with van der Waals surface area (Å²) in [6.45, 7) is 5.66. The third kappa shape index (κ3) is 13.6. The van der Waals surface area contributed by atoms with E-state index in [1.54, 1.807) is 13.8 Å². The van der Waals surface area contributed by atoms with Gasteiger partial charge < -0.3 is 24.8 Å². The molecule has 0 saturated carbocycles. The zero-order chi connectivity index (χ0) is 31.0. The molecule has 1 aliphatic rings. The van der Waals surface area contributed by atoms with Gasteiger partial charge in [0.2, 0.25) is 5.91 Å². The van der Waals surface area contributed by atoms with E-state index < -0.39 is 51.6 Å². The Morgan fingerprint density at radius 1 is 0.854 bits per heavy atom. The van der Waals surface area contributed by atoms with Crippen molar-refractivity contribution in [3.05, 3.63) is 0 Å². The van der Waals surface area contributed by atoms with Crippen molar-refractivity contribution in [3.8, 4) is 0 Å². The number of halogens is 2. The molecule has 0 atom stereocenters. The van der Waals surface area contributed by atoms with Gasteiger partial charge in [0, 0.05) is 13.1 Å². The zero-order valence-electron chi connectivity index (χ0n) is 25.4. The number of rotatable bonds is 23. The molecular formula is C28H52F2N2O8S. The van der Waals surface area contributed by atoms with E-state index in [1.807, 2.05) is 0 Å². The molecule has 0 unspecified atom stereocenters. The van der Waals surface area contributed by atoms with Gasteiger partial charge in [-0.3, -0.25) is 13.8 Å². The Hall–Kier alpha value is -1.41. The van der Waals surface area contributed by atoms with E-state index >= 15 is 8.78 Å². The van der Waals surface area contributed by atoms with E-state index in [1.165, 1.54) is 0 Å². The van der Waals surface area contributed by atoms with E-state index in [2.05, 4.69) is 13.8 Å². The first kappa shape index (κ1) is 37.6. The summed E-state index contributed by atoms with van der Waals surface area (Å²) in [4.78, 5) is 25.0. The zero-order valence-corrected chi connectivity index (χ0v) is 26.2. The fraction of sp³-hybridized carbons (Fsp3) is 0.929. The maximum Gasteiger partial charge on any atom is 0.447 e. The van der Waals surface area contributed by atoms with Crippen LogP contribution in [0.15, 0.2) is 0 Å². The van der Waals surface area contributed by atoms with Gasteiger partial charge in [0.25, 0.3) is 0 Å². The quantitative estimate of drug-likeness (QED) is 0.129. The Kier molecular flexibility index (Phi) is 16.8. The smallest absolute Gasteiger partial charge is 0.371 e. The predicted octanol–water partition coefficient (Wildman–Crippen LogP) is 4.75. The standard InChI is InChI=1S/C28H52F2N2O8S/c1-5-7-9-11-13-15-17-32(18-16-14-12-10-8-6-2)25(34)28(29,30)41(35,36)40-23-27(20-37-19-24(31)33)21-38-26(3,4)39-22-27/h5-23H2,1-4H3,(H2,31,33). The molecule has 0 aromatic heterocycles. The van der Waals surface area contributed by atoms with Crippen LogP contribution in [0.4, 0.5) is 8.78 Å². The number of carbonyl (C=O) groups excluding carboxylic acids is 2. The molecule has 1 fully saturated rings. The Morgan fingerprint density at radius 2 is 1.32 bits per heavy atom. The second-order valence-electron chi connectivity index (χ2n) is 11.5. The maximum atomic E-state index is 15.3. The number of alkyl halides is 2. The van der Waals surface area contributed by atoms with Crippen molar-refractivity contribution in [2.45, 2.75) is 116 Å². The van der Waals surface area contributed by atoms with E-state index in [0.29, 0.717) is 12.8 Å². The summed E-state index contributed by atoms with van der Waals surface area (Å²) in [5, 5.41) is -4.79. The summed E-state index contributed by atoms with van der Waals surface area (Å²) in [5.41, 5.74) is 3.77. The van der Waals surface area contributed by atoms with Crippen molar-refractivity contribution in [3.63, 3.8) is 0 Å². The summed E-state index contributed by atoms with van der Waals surface area (Å²) in [6.07, 6.45) is 10.7. The minimum Gasteiger partial charge on any atom is -0.371 e. The van der Waals surface area contributed by atoms with Crippen LogP contribution in [0.25, 0.3) is 0 Å². The first-order chi connectivity index (χ1) is 19.2. The topological polar surface area (TPSA) is 134 Å². The molecule has 1 rings (SSSR count). The Labute approximate surface area is 245 Å². The lowest BCUT2D eigenvalue weighted by atomic mass is 9.91. The number of amides is 2. The lowest BCUT2D eigenvalue weighted by Gasteiger charge is -2.42. The van der Waals surface area contributed by atoms with Gasteiger partial charge >= 0.3 is 21.3 Å². The van der Waals surface area contributed by atoms with Gasteiger partial charge in [0.05, 0.1) is 31.8 Å². The first-order valence-corrected chi connectivity index (χ1v) is 16.3. The molecule has 10 nitrogen and oxygen atoms in total. The molecule has 0 spiro atoms. The van der Waals surface area contributed by atoms with E-state index in [-0.39, 0.29) is 32.9 Å². The van der Waals surface area contributed by atoms with Crippen LogP contribution in [-0.4, -0.2) is 82.3 Å². The third-order valence-corrected chi connectivity index (χ3v) is 8.27. The molecule has 0 radical (unpaired) electrons. The molecule has 2 amide bonds. The maximum absolute atomic E-state index is 15.3. The summed E-state index contributed by atoms with van der Waals surface area (Å²) in [7, 11) is -5.68. The summed E-state index contributed by atoms with van der Waals surface area (Å²) < 4.78 is 77.3. The molecule has 1 saturated heterocycles. The average molecular weight is 615 g/mol. The van der Waals surface area contributed by atoms with Crippen LogP contribution in [0, 0.1) is 5.41 Å². The molecule has 1 heterocycles. The highest BCUT2D eigenvalue weighted by Gasteiger charge is 2.57. The average Bonchev–Trinajstić information content (AvgIpc) is 2.91. The fourth-order valence-electron chi connectivity index (χ4n) is 4.36. The highest BCUT2D eigenvalue weighted by Crippen LogP contribution is 2.34. The lowest BCUT2D eigenvalue weighted by molar-refractivity contribution is -0.295. The van der Waals surface area contributed by atoms with Crippen LogP contribution in [0.3, 0.4) is 0 Å². The summed E-state index contributed by atoms with van der Waals surface area (Å²) >= 11 is 0. The number of hydrogen-bond donors (Lipinski definition) is 1. The molecule has 0 aromatic rings. The third-order valence-electron chi connectivity index (χ3n) is 7.04. The van der Waals surface area contributed by atoms with Crippen LogP contribution in [-0.2, 0) is 38.1 Å². The van der Waals surface area contributed by atoms with Gasteiger partial charge in [-0.05, 0) is 26.7 Å². The number of hydrogen-bond acceptors (Lipinski definition) is 8. The van der Waals surface area contributed by atoms with Gasteiger partial charge in [-0.25, -0.2) is 0 Å². The minimum atomic E-state index is -5.68. The summed E-state index contributed by atoms with van der Waals surface area (Å²) in [6, 6.07) is 0. The number of nitrogens with zero attached hydrogens (tertiary/aromatic N) is 1. The molecule has 1 aliphatic heterocycles. The van der Waals surface area contributed by atoms with Crippen LogP contribution in [0.1, 0.15) is 105 Å². The first-order valence-electron chi connectivity index (χ1n) is 14.9. The molecule has 41 heavy (non-hydrogen) atoms. The Bertz CT molecular complexity index is 860. The number of primary amides is 1. The van der Waals surface area contributed by atoms with Gasteiger partial charge in [0.1, 0.15) is 6.61 Å². The van der Waals surface area contributed by atoms with Gasteiger partial charge in [0.15, 0.2) is 5.79 Å². The SMILES string of the molecule is CCCCCCCCN(CCCCCCCC)C(=O)C(F)(F)S(=O)(=O)OCC1(COCC(N)=O)COC(C)(C)OC1. The molecule has 2 N–H and O–H groups in total. The monoisotopic (exact) mass is 614 g/mol. The summed E-state index contributed by atoms with van der Waals surface area (Å²) in [5.74, 6) is -3.55. The van der Waals surface area contributed by atoms with E-state index in [0.717, 1.165) is 69.1 Å². The van der Waals surface area contributed by atoms with Crippen molar-refractivity contribution in [1.29, 1.82) is 0 Å². The molecule has 13 heteroatoms. The second kappa shape index (κ2) is 18.3. The van der Waals surface area contributed by atoms with Gasteiger partial charge in [-0.2, -0.15) is 17.2 Å². The highest BCUT2D eigenvalue weighted by molar-refractivity contribution is 7.88. The molecular weight excluding hydrogens is 562 g/mol. The lowest BCUT2D eigenvalue weighted by Crippen LogP contribution is -2.53. The van der Waals surface area contributed by atoms with E-state index in [4.69, 9.17) is 24.1 Å². The largest absolute Gasteiger partial charge is 0.447 e. The van der Waals surface area contributed by atoms with Crippen molar-refractivity contribution in [2.24, 2.45) is 11.1 Å².